The lowest BCUT2D eigenvalue weighted by atomic mass is 9.67. The van der Waals surface area contributed by atoms with E-state index in [9.17, 15) is 4.79 Å². The number of rotatable bonds is 4. The zero-order chi connectivity index (χ0) is 18.9. The molecule has 1 atom stereocenters. The quantitative estimate of drug-likeness (QED) is 0.828. The van der Waals surface area contributed by atoms with E-state index in [1.165, 1.54) is 5.56 Å². The molecule has 144 valence electrons. The molecule has 2 aromatic rings. The van der Waals surface area contributed by atoms with Crippen molar-refractivity contribution >= 4 is 5.91 Å². The molecule has 1 unspecified atom stereocenters. The zero-order valence-electron chi connectivity index (χ0n) is 16.4. The van der Waals surface area contributed by atoms with Gasteiger partial charge in [-0.05, 0) is 57.2 Å². The van der Waals surface area contributed by atoms with Crippen LogP contribution in [0.3, 0.4) is 0 Å². The summed E-state index contributed by atoms with van der Waals surface area (Å²) in [6, 6.07) is 12.3. The zero-order valence-corrected chi connectivity index (χ0v) is 16.4. The van der Waals surface area contributed by atoms with Crippen LogP contribution in [0.4, 0.5) is 0 Å². The number of carbonyl (C=O) groups excluding carboxylic acids is 1. The van der Waals surface area contributed by atoms with Crippen molar-refractivity contribution in [3.05, 3.63) is 53.4 Å². The molecule has 0 bridgehead atoms. The number of likely N-dealkylation sites (N-methyl/N-ethyl adjacent to an activating group) is 1. The Labute approximate surface area is 161 Å². The maximum atomic E-state index is 13.0. The van der Waals surface area contributed by atoms with Gasteiger partial charge >= 0.3 is 0 Å². The summed E-state index contributed by atoms with van der Waals surface area (Å²) in [6.07, 6.45) is 3.24. The van der Waals surface area contributed by atoms with Gasteiger partial charge in [-0.1, -0.05) is 35.5 Å². The average Bonchev–Trinajstić information content (AvgIpc) is 3.11. The number of likely N-dealkylation sites (tertiary alicyclic amines) is 2. The predicted octanol–water partition coefficient (Wildman–Crippen LogP) is 3.60. The van der Waals surface area contributed by atoms with Gasteiger partial charge < -0.3 is 9.42 Å². The van der Waals surface area contributed by atoms with Crippen molar-refractivity contribution in [1.29, 1.82) is 0 Å². The minimum atomic E-state index is 0.00312. The SMILES string of the molecule is CCN1CC2(CCN(Cc3cc(C)no3)CC2)CC(c2ccccc2)C1=O. The highest BCUT2D eigenvalue weighted by Crippen LogP contribution is 2.45. The molecule has 27 heavy (non-hydrogen) atoms. The smallest absolute Gasteiger partial charge is 0.230 e. The molecule has 0 N–H and O–H groups in total. The van der Waals surface area contributed by atoms with Gasteiger partial charge in [0.2, 0.25) is 5.91 Å². The minimum absolute atomic E-state index is 0.00312. The van der Waals surface area contributed by atoms with E-state index in [0.717, 1.165) is 63.4 Å². The highest BCUT2D eigenvalue weighted by molar-refractivity contribution is 5.84. The molecule has 2 aliphatic rings. The number of nitrogens with zero attached hydrogens (tertiary/aromatic N) is 3. The topological polar surface area (TPSA) is 49.6 Å². The van der Waals surface area contributed by atoms with Crippen LogP contribution in [0.5, 0.6) is 0 Å². The number of aryl methyl sites for hydroxylation is 1. The first-order valence-corrected chi connectivity index (χ1v) is 10.1. The number of benzene rings is 1. The van der Waals surface area contributed by atoms with Gasteiger partial charge in [0.05, 0.1) is 18.2 Å². The Kier molecular flexibility index (Phi) is 5.04. The second kappa shape index (κ2) is 7.47. The minimum Gasteiger partial charge on any atom is -0.360 e. The molecule has 2 fully saturated rings. The highest BCUT2D eigenvalue weighted by Gasteiger charge is 2.45. The largest absolute Gasteiger partial charge is 0.360 e. The molecule has 1 aromatic carbocycles. The van der Waals surface area contributed by atoms with Crippen LogP contribution in [-0.4, -0.2) is 47.0 Å². The number of aromatic nitrogens is 1. The van der Waals surface area contributed by atoms with E-state index < -0.39 is 0 Å². The Morgan fingerprint density at radius 1 is 1.22 bits per heavy atom. The van der Waals surface area contributed by atoms with E-state index in [1.54, 1.807) is 0 Å². The lowest BCUT2D eigenvalue weighted by Gasteiger charge is -2.49. The Balaban J connectivity index is 1.47. The molecule has 5 heteroatoms. The fourth-order valence-corrected chi connectivity index (χ4v) is 4.76. The lowest BCUT2D eigenvalue weighted by Crippen LogP contribution is -2.53. The molecule has 1 amide bonds. The van der Waals surface area contributed by atoms with Crippen molar-refractivity contribution in [2.45, 2.75) is 45.6 Å². The number of amides is 1. The summed E-state index contributed by atoms with van der Waals surface area (Å²) in [5, 5.41) is 3.99. The van der Waals surface area contributed by atoms with Gasteiger partial charge in [-0.15, -0.1) is 0 Å². The third-order valence-corrected chi connectivity index (χ3v) is 6.33. The molecule has 0 aliphatic carbocycles. The van der Waals surface area contributed by atoms with Crippen LogP contribution in [0, 0.1) is 12.3 Å². The predicted molar refractivity (Wildman–Crippen MR) is 104 cm³/mol. The Hall–Kier alpha value is -2.14. The summed E-state index contributed by atoms with van der Waals surface area (Å²) in [6.45, 7) is 8.68. The van der Waals surface area contributed by atoms with E-state index in [4.69, 9.17) is 4.52 Å². The van der Waals surface area contributed by atoms with Crippen molar-refractivity contribution in [1.82, 2.24) is 15.0 Å². The van der Waals surface area contributed by atoms with E-state index in [-0.39, 0.29) is 11.3 Å². The number of hydrogen-bond donors (Lipinski definition) is 0. The van der Waals surface area contributed by atoms with Crippen LogP contribution >= 0.6 is 0 Å². The fraction of sp³-hybridized carbons (Fsp3) is 0.545. The van der Waals surface area contributed by atoms with E-state index >= 15 is 0 Å². The van der Waals surface area contributed by atoms with Crippen LogP contribution in [-0.2, 0) is 11.3 Å². The number of piperidine rings is 2. The summed E-state index contributed by atoms with van der Waals surface area (Å²) in [7, 11) is 0. The lowest BCUT2D eigenvalue weighted by molar-refractivity contribution is -0.141. The van der Waals surface area contributed by atoms with Gasteiger partial charge in [0.15, 0.2) is 5.76 Å². The Morgan fingerprint density at radius 2 is 1.96 bits per heavy atom. The normalized spacial score (nSPS) is 23.1. The molecule has 5 nitrogen and oxygen atoms in total. The molecule has 2 saturated heterocycles. The first-order valence-electron chi connectivity index (χ1n) is 10.1. The molecule has 3 heterocycles. The second-order valence-corrected chi connectivity index (χ2v) is 8.23. The van der Waals surface area contributed by atoms with Gasteiger partial charge in [0.1, 0.15) is 0 Å². The standard InChI is InChI=1S/C22H29N3O2/c1-3-25-16-22(14-20(21(25)26)18-7-5-4-6-8-18)9-11-24(12-10-22)15-19-13-17(2)23-27-19/h4-8,13,20H,3,9-12,14-16H2,1-2H3. The Bertz CT molecular complexity index is 778. The monoisotopic (exact) mass is 367 g/mol. The van der Waals surface area contributed by atoms with Crippen LogP contribution in [0.25, 0.3) is 0 Å². The fourth-order valence-electron chi connectivity index (χ4n) is 4.76. The summed E-state index contributed by atoms with van der Waals surface area (Å²) in [5.41, 5.74) is 2.34. The molecule has 1 aromatic heterocycles. The van der Waals surface area contributed by atoms with Gasteiger partial charge in [0, 0.05) is 19.2 Å². The molecule has 1 spiro atoms. The summed E-state index contributed by atoms with van der Waals surface area (Å²) < 4.78 is 5.38. The van der Waals surface area contributed by atoms with Crippen molar-refractivity contribution in [2.75, 3.05) is 26.2 Å². The van der Waals surface area contributed by atoms with Gasteiger partial charge in [-0.2, -0.15) is 0 Å². The third-order valence-electron chi connectivity index (χ3n) is 6.33. The van der Waals surface area contributed by atoms with Crippen molar-refractivity contribution < 1.29 is 9.32 Å². The molecule has 2 aliphatic heterocycles. The van der Waals surface area contributed by atoms with Crippen LogP contribution < -0.4 is 0 Å². The highest BCUT2D eigenvalue weighted by atomic mass is 16.5. The van der Waals surface area contributed by atoms with Crippen LogP contribution in [0.2, 0.25) is 0 Å². The van der Waals surface area contributed by atoms with Gasteiger partial charge in [-0.3, -0.25) is 9.69 Å². The first kappa shape index (κ1) is 18.2. The first-order chi connectivity index (χ1) is 13.1. The molecular weight excluding hydrogens is 338 g/mol. The third kappa shape index (κ3) is 3.79. The molecule has 0 saturated carbocycles. The average molecular weight is 367 g/mol. The molecule has 0 radical (unpaired) electrons. The van der Waals surface area contributed by atoms with E-state index in [0.29, 0.717) is 5.91 Å². The summed E-state index contributed by atoms with van der Waals surface area (Å²) in [4.78, 5) is 17.5. The number of carbonyl (C=O) groups is 1. The van der Waals surface area contributed by atoms with Crippen molar-refractivity contribution in [3.63, 3.8) is 0 Å². The van der Waals surface area contributed by atoms with Gasteiger partial charge in [0.25, 0.3) is 0 Å². The molecule has 4 rings (SSSR count). The van der Waals surface area contributed by atoms with Crippen LogP contribution in [0.15, 0.2) is 40.9 Å². The second-order valence-electron chi connectivity index (χ2n) is 8.23. The summed E-state index contributed by atoms with van der Waals surface area (Å²) in [5.74, 6) is 1.25. The summed E-state index contributed by atoms with van der Waals surface area (Å²) >= 11 is 0. The van der Waals surface area contributed by atoms with E-state index in [1.807, 2.05) is 31.2 Å². The van der Waals surface area contributed by atoms with E-state index in [2.05, 4.69) is 34.0 Å². The maximum Gasteiger partial charge on any atom is 0.230 e. The van der Waals surface area contributed by atoms with Gasteiger partial charge in [-0.25, -0.2) is 0 Å². The Morgan fingerprint density at radius 3 is 2.59 bits per heavy atom. The molecular formula is C22H29N3O2. The van der Waals surface area contributed by atoms with Crippen molar-refractivity contribution in [3.8, 4) is 0 Å². The number of hydrogen-bond acceptors (Lipinski definition) is 4. The van der Waals surface area contributed by atoms with Crippen LogP contribution in [0.1, 0.15) is 49.1 Å². The maximum absolute atomic E-state index is 13.0. The van der Waals surface area contributed by atoms with Crippen molar-refractivity contribution in [2.24, 2.45) is 5.41 Å².